The van der Waals surface area contributed by atoms with Crippen molar-refractivity contribution in [2.75, 3.05) is 34.0 Å². The third-order valence-electron chi connectivity index (χ3n) is 8.46. The highest BCUT2D eigenvalue weighted by atomic mass is 16.7. The molecular formula is C38H46O17. The third kappa shape index (κ3) is 11.2. The van der Waals surface area contributed by atoms with Crippen LogP contribution in [0.15, 0.2) is 30.3 Å². The van der Waals surface area contributed by atoms with Crippen molar-refractivity contribution in [1.82, 2.24) is 0 Å². The van der Waals surface area contributed by atoms with Crippen LogP contribution in [0.5, 0.6) is 23.0 Å². The van der Waals surface area contributed by atoms with E-state index in [1.54, 1.807) is 18.2 Å². The topological polar surface area (TPSA) is 204 Å². The van der Waals surface area contributed by atoms with Gasteiger partial charge in [-0.3, -0.25) is 28.8 Å². The lowest BCUT2D eigenvalue weighted by Crippen LogP contribution is -2.63. The zero-order valence-electron chi connectivity index (χ0n) is 31.9. The second kappa shape index (κ2) is 19.1. The van der Waals surface area contributed by atoms with Crippen molar-refractivity contribution in [3.63, 3.8) is 0 Å². The molecule has 1 saturated heterocycles. The minimum absolute atomic E-state index is 0.0294. The zero-order valence-corrected chi connectivity index (χ0v) is 31.9. The summed E-state index contributed by atoms with van der Waals surface area (Å²) in [5, 5.41) is 0. The summed E-state index contributed by atoms with van der Waals surface area (Å²) in [4.78, 5) is 71.6. The van der Waals surface area contributed by atoms with E-state index < -0.39 is 79.2 Å². The van der Waals surface area contributed by atoms with E-state index in [2.05, 4.69) is 0 Å². The summed E-state index contributed by atoms with van der Waals surface area (Å²) in [6, 6.07) is 8.66. The Kier molecular flexibility index (Phi) is 14.7. The Morgan fingerprint density at radius 1 is 0.636 bits per heavy atom. The van der Waals surface area contributed by atoms with Gasteiger partial charge >= 0.3 is 35.8 Å². The first-order valence-corrected chi connectivity index (χ1v) is 17.4. The normalized spacial score (nSPS) is 22.5. The number of ether oxygens (including phenoxy) is 11. The average Bonchev–Trinajstić information content (AvgIpc) is 3.48. The average molecular weight is 775 g/mol. The lowest BCUT2D eigenvalue weighted by atomic mass is 9.90. The first-order chi connectivity index (χ1) is 26.1. The van der Waals surface area contributed by atoms with Gasteiger partial charge in [0, 0.05) is 47.1 Å². The number of hydrogen-bond donors (Lipinski definition) is 0. The molecular weight excluding hydrogens is 728 g/mol. The van der Waals surface area contributed by atoms with E-state index in [0.717, 1.165) is 31.9 Å². The molecule has 2 aromatic rings. The van der Waals surface area contributed by atoms with Crippen LogP contribution in [-0.2, 0) is 68.3 Å². The second-order valence-corrected chi connectivity index (χ2v) is 12.7. The largest absolute Gasteiger partial charge is 0.493 e. The number of carbonyl (C=O) groups excluding carboxylic acids is 6. The fourth-order valence-corrected chi connectivity index (χ4v) is 6.30. The van der Waals surface area contributed by atoms with E-state index in [1.807, 2.05) is 12.1 Å². The van der Waals surface area contributed by atoms with Crippen LogP contribution in [0.1, 0.15) is 76.7 Å². The van der Waals surface area contributed by atoms with Crippen LogP contribution >= 0.6 is 0 Å². The summed E-state index contributed by atoms with van der Waals surface area (Å²) >= 11 is 0. The number of rotatable bonds is 16. The van der Waals surface area contributed by atoms with E-state index in [-0.39, 0.29) is 30.7 Å². The molecule has 4 rings (SSSR count). The lowest BCUT2D eigenvalue weighted by Gasteiger charge is -2.44. The van der Waals surface area contributed by atoms with Gasteiger partial charge in [0.05, 0.1) is 26.7 Å². The van der Waals surface area contributed by atoms with Crippen LogP contribution in [0.4, 0.5) is 0 Å². The predicted octanol–water partition coefficient (Wildman–Crippen LogP) is 3.44. The molecule has 300 valence electrons. The summed E-state index contributed by atoms with van der Waals surface area (Å²) in [5.74, 6) is -3.16. The second-order valence-electron chi connectivity index (χ2n) is 12.7. The standard InChI is InChI=1S/C38H46O17/c1-19(39)47-13-9-10-25-14-27-28(17-48-20(2)40)33(55-34(27)31(15-25)46-8)26-11-12-29(30(16-26)45-7)53-38-37(52-24(6)44)36(51-23(5)43)35(50-22(4)42)32(54-38)18-49-21(3)41/h11-12,14-16,28,32-33,35-38H,9-10,13,17-18H2,1-8H3/t28-,32-,33-,35-,36+,37-,38-/m1/s1. The van der Waals surface area contributed by atoms with Crippen LogP contribution in [0.2, 0.25) is 0 Å². The molecule has 17 nitrogen and oxygen atoms in total. The molecule has 0 aromatic heterocycles. The number of benzene rings is 2. The molecule has 2 heterocycles. The van der Waals surface area contributed by atoms with Gasteiger partial charge in [-0.25, -0.2) is 0 Å². The van der Waals surface area contributed by atoms with E-state index >= 15 is 0 Å². The van der Waals surface area contributed by atoms with Crippen molar-refractivity contribution >= 4 is 35.8 Å². The van der Waals surface area contributed by atoms with Gasteiger partial charge in [0.1, 0.15) is 25.4 Å². The molecule has 0 radical (unpaired) electrons. The smallest absolute Gasteiger partial charge is 0.303 e. The maximum absolute atomic E-state index is 12.3. The minimum Gasteiger partial charge on any atom is -0.493 e. The molecule has 17 heteroatoms. The van der Waals surface area contributed by atoms with Gasteiger partial charge in [0.15, 0.2) is 35.2 Å². The van der Waals surface area contributed by atoms with E-state index in [4.69, 9.17) is 52.1 Å². The number of carbonyl (C=O) groups is 6. The molecule has 0 bridgehead atoms. The van der Waals surface area contributed by atoms with Gasteiger partial charge in [-0.15, -0.1) is 0 Å². The summed E-state index contributed by atoms with van der Waals surface area (Å²) in [6.45, 7) is 6.96. The maximum atomic E-state index is 12.3. The molecule has 0 saturated carbocycles. The van der Waals surface area contributed by atoms with Crippen molar-refractivity contribution < 1.29 is 80.9 Å². The first kappa shape index (κ1) is 42.2. The quantitative estimate of drug-likeness (QED) is 0.136. The Morgan fingerprint density at radius 2 is 1.24 bits per heavy atom. The van der Waals surface area contributed by atoms with Gasteiger partial charge in [-0.2, -0.15) is 0 Å². The fourth-order valence-electron chi connectivity index (χ4n) is 6.30. The molecule has 0 aliphatic carbocycles. The van der Waals surface area contributed by atoms with Gasteiger partial charge in [-0.05, 0) is 42.2 Å². The highest BCUT2D eigenvalue weighted by Gasteiger charge is 2.53. The molecule has 0 N–H and O–H groups in total. The number of hydrogen-bond acceptors (Lipinski definition) is 17. The molecule has 7 atom stereocenters. The Hall–Kier alpha value is -5.58. The van der Waals surface area contributed by atoms with Crippen molar-refractivity contribution in [2.45, 2.75) is 97.1 Å². The monoisotopic (exact) mass is 774 g/mol. The van der Waals surface area contributed by atoms with Crippen molar-refractivity contribution in [1.29, 1.82) is 0 Å². The predicted molar refractivity (Wildman–Crippen MR) is 186 cm³/mol. The number of fused-ring (bicyclic) bond motifs is 1. The van der Waals surface area contributed by atoms with Gasteiger partial charge in [0.2, 0.25) is 12.4 Å². The van der Waals surface area contributed by atoms with E-state index in [1.165, 1.54) is 35.0 Å². The fraction of sp³-hybridized carbons (Fsp3) is 0.526. The maximum Gasteiger partial charge on any atom is 0.303 e. The molecule has 1 fully saturated rings. The van der Waals surface area contributed by atoms with E-state index in [0.29, 0.717) is 29.9 Å². The zero-order chi connectivity index (χ0) is 40.4. The summed E-state index contributed by atoms with van der Waals surface area (Å²) in [6.07, 6.45) is -6.58. The number of esters is 6. The Balaban J connectivity index is 1.70. The minimum atomic E-state index is -1.51. The molecule has 2 aliphatic heterocycles. The Bertz CT molecular complexity index is 1740. The van der Waals surface area contributed by atoms with Gasteiger partial charge in [-0.1, -0.05) is 12.1 Å². The summed E-state index contributed by atoms with van der Waals surface area (Å²) < 4.78 is 62.4. The van der Waals surface area contributed by atoms with Crippen molar-refractivity contribution in [3.8, 4) is 23.0 Å². The van der Waals surface area contributed by atoms with Crippen molar-refractivity contribution in [2.24, 2.45) is 0 Å². The molecule has 2 aromatic carbocycles. The summed E-state index contributed by atoms with van der Waals surface area (Å²) in [5.41, 5.74) is 2.23. The lowest BCUT2D eigenvalue weighted by molar-refractivity contribution is -0.288. The Morgan fingerprint density at radius 3 is 1.84 bits per heavy atom. The molecule has 0 spiro atoms. The molecule has 0 unspecified atom stereocenters. The SMILES string of the molecule is COc1cc([C@H]2Oc3c(OC)cc(CCCOC(C)=O)cc3[C@H]2COC(C)=O)ccc1O[C@@H]1O[C@H](COC(C)=O)[C@@H](OC(C)=O)[C@H](OC(C)=O)[C@H]1OC(C)=O. The van der Waals surface area contributed by atoms with Crippen LogP contribution in [0, 0.1) is 0 Å². The van der Waals surface area contributed by atoms with Gasteiger partial charge in [0.25, 0.3) is 0 Å². The Labute approximate surface area is 317 Å². The third-order valence-corrected chi connectivity index (χ3v) is 8.46. The van der Waals surface area contributed by atoms with Crippen LogP contribution < -0.4 is 18.9 Å². The molecule has 2 aliphatic rings. The molecule has 0 amide bonds. The van der Waals surface area contributed by atoms with Gasteiger partial charge < -0.3 is 52.1 Å². The van der Waals surface area contributed by atoms with Crippen molar-refractivity contribution in [3.05, 3.63) is 47.0 Å². The number of methoxy groups -OCH3 is 2. The highest BCUT2D eigenvalue weighted by molar-refractivity contribution is 5.69. The van der Waals surface area contributed by atoms with Crippen LogP contribution in [-0.4, -0.2) is 101 Å². The first-order valence-electron chi connectivity index (χ1n) is 17.4. The van der Waals surface area contributed by atoms with Crippen LogP contribution in [0.25, 0.3) is 0 Å². The molecule has 55 heavy (non-hydrogen) atoms. The van der Waals surface area contributed by atoms with E-state index in [9.17, 15) is 28.8 Å². The summed E-state index contributed by atoms with van der Waals surface area (Å²) in [7, 11) is 2.91. The highest BCUT2D eigenvalue weighted by Crippen LogP contribution is 2.52. The van der Waals surface area contributed by atoms with Crippen LogP contribution in [0.3, 0.4) is 0 Å². The number of aryl methyl sites for hydroxylation is 1.